The van der Waals surface area contributed by atoms with Gasteiger partial charge in [-0.05, 0) is 23.6 Å². The van der Waals surface area contributed by atoms with Crippen LogP contribution in [0.25, 0.3) is 0 Å². The van der Waals surface area contributed by atoms with Gasteiger partial charge in [0.05, 0.1) is 12.0 Å². The molecule has 0 spiro atoms. The van der Waals surface area contributed by atoms with E-state index >= 15 is 0 Å². The number of nitro groups is 1. The van der Waals surface area contributed by atoms with Crippen LogP contribution in [-0.2, 0) is 26.2 Å². The van der Waals surface area contributed by atoms with Gasteiger partial charge in [0.2, 0.25) is 0 Å². The van der Waals surface area contributed by atoms with Gasteiger partial charge in [0.15, 0.2) is 4.90 Å². The van der Waals surface area contributed by atoms with Crippen molar-refractivity contribution in [3.05, 3.63) is 64.5 Å². The summed E-state index contributed by atoms with van der Waals surface area (Å²) in [6, 6.07) is 7.12. The highest BCUT2D eigenvalue weighted by atomic mass is 32.2. The smallest absolute Gasteiger partial charge is 0.277 e. The van der Waals surface area contributed by atoms with E-state index < -0.39 is 43.4 Å². The van der Waals surface area contributed by atoms with Gasteiger partial charge in [-0.2, -0.15) is 4.31 Å². The Kier molecular flexibility index (Phi) is 7.37. The molecule has 1 N–H and O–H groups in total. The van der Waals surface area contributed by atoms with E-state index in [-0.39, 0.29) is 6.54 Å². The summed E-state index contributed by atoms with van der Waals surface area (Å²) in [7, 11) is -3.20. The Balaban J connectivity index is 2.65. The summed E-state index contributed by atoms with van der Waals surface area (Å²) in [5.41, 5.74) is 2.11. The van der Waals surface area contributed by atoms with E-state index in [1.807, 2.05) is 0 Å². The zero-order valence-electron chi connectivity index (χ0n) is 16.2. The molecule has 0 aliphatic rings. The minimum Gasteiger partial charge on any atom is -0.277 e. The summed E-state index contributed by atoms with van der Waals surface area (Å²) in [6.45, 7) is 3.14. The molecule has 0 bridgehead atoms. The van der Waals surface area contributed by atoms with Gasteiger partial charge in [-0.3, -0.25) is 24.7 Å². The summed E-state index contributed by atoms with van der Waals surface area (Å²) in [4.78, 5) is 31.4. The highest BCUT2D eigenvalue weighted by Gasteiger charge is 2.40. The van der Waals surface area contributed by atoms with Crippen LogP contribution < -0.4 is 5.48 Å². The third-order valence-electron chi connectivity index (χ3n) is 4.12. The number of carbonyl (C=O) groups excluding carboxylic acids is 1. The molecule has 0 saturated carbocycles. The van der Waals surface area contributed by atoms with Crippen molar-refractivity contribution in [2.24, 2.45) is 5.92 Å². The number of aromatic nitrogens is 1. The van der Waals surface area contributed by atoms with Crippen molar-refractivity contribution in [3.63, 3.8) is 0 Å². The molecule has 0 aliphatic carbocycles. The fraction of sp³-hybridized carbons (Fsp3) is 0.333. The summed E-state index contributed by atoms with van der Waals surface area (Å²) < 4.78 is 27.9. The van der Waals surface area contributed by atoms with Crippen molar-refractivity contribution in [1.82, 2.24) is 14.8 Å². The van der Waals surface area contributed by atoms with Crippen molar-refractivity contribution < 1.29 is 23.0 Å². The third-order valence-corrected chi connectivity index (χ3v) is 6.00. The molecule has 10 nitrogen and oxygen atoms in total. The molecule has 0 aliphatic heterocycles. The molecule has 2 rings (SSSR count). The van der Waals surface area contributed by atoms with E-state index in [1.54, 1.807) is 26.0 Å². The van der Waals surface area contributed by atoms with Gasteiger partial charge in [-0.15, -0.1) is 0 Å². The molecule has 1 amide bonds. The van der Waals surface area contributed by atoms with Crippen LogP contribution in [0, 0.1) is 16.0 Å². The SMILES string of the molecule is CC(C)[C@H](C(=O)NO[11CH3])N(Cc1cccnc1)S(=O)(=O)c1ccccc1[N+](=O)[O-]. The van der Waals surface area contributed by atoms with Crippen LogP contribution in [0.15, 0.2) is 53.7 Å². The monoisotopic (exact) mass is 421 g/mol. The van der Waals surface area contributed by atoms with E-state index in [0.717, 1.165) is 16.4 Å². The predicted octanol–water partition coefficient (Wildman–Crippen LogP) is 1.88. The number of nitrogens with zero attached hydrogens (tertiary/aromatic N) is 3. The van der Waals surface area contributed by atoms with Gasteiger partial charge in [0.25, 0.3) is 21.6 Å². The lowest BCUT2D eigenvalue weighted by Crippen LogP contribution is -2.51. The van der Waals surface area contributed by atoms with Gasteiger partial charge >= 0.3 is 0 Å². The first-order valence-corrected chi connectivity index (χ1v) is 10.1. The lowest BCUT2D eigenvalue weighted by atomic mass is 10.0. The number of benzene rings is 1. The zero-order valence-corrected chi connectivity index (χ0v) is 17.0. The number of sulfonamides is 1. The number of para-hydroxylation sites is 1. The van der Waals surface area contributed by atoms with Gasteiger partial charge in [0, 0.05) is 25.0 Å². The maximum atomic E-state index is 13.5. The lowest BCUT2D eigenvalue weighted by molar-refractivity contribution is -0.387. The Morgan fingerprint density at radius 1 is 1.28 bits per heavy atom. The number of carbonyl (C=O) groups is 1. The number of nitro benzene ring substituents is 1. The Labute approximate surface area is 168 Å². The first-order valence-electron chi connectivity index (χ1n) is 8.67. The fourth-order valence-electron chi connectivity index (χ4n) is 2.88. The molecule has 0 fully saturated rings. The minimum atomic E-state index is -4.44. The number of rotatable bonds is 9. The van der Waals surface area contributed by atoms with E-state index in [4.69, 9.17) is 0 Å². The molecule has 11 heteroatoms. The van der Waals surface area contributed by atoms with Gasteiger partial charge in [-0.25, -0.2) is 13.9 Å². The highest BCUT2D eigenvalue weighted by Crippen LogP contribution is 2.30. The molecule has 0 radical (unpaired) electrons. The zero-order chi connectivity index (χ0) is 21.6. The number of nitrogens with one attached hydrogen (secondary N) is 1. The Hall–Kier alpha value is -2.89. The molecule has 1 heterocycles. The average Bonchev–Trinajstić information content (AvgIpc) is 2.68. The molecule has 1 aromatic heterocycles. The normalized spacial score (nSPS) is 12.7. The Morgan fingerprint density at radius 3 is 2.52 bits per heavy atom. The third kappa shape index (κ3) is 5.13. The molecule has 0 saturated heterocycles. The largest absolute Gasteiger partial charge is 0.289 e. The van der Waals surface area contributed by atoms with Crippen LogP contribution >= 0.6 is 0 Å². The topological polar surface area (TPSA) is 132 Å². The number of amides is 1. The number of pyridine rings is 1. The second kappa shape index (κ2) is 9.54. The van der Waals surface area contributed by atoms with Gasteiger partial charge in [0.1, 0.15) is 6.04 Å². The van der Waals surface area contributed by atoms with Crippen LogP contribution in [0.4, 0.5) is 5.69 Å². The Bertz CT molecular complexity index is 965. The highest BCUT2D eigenvalue weighted by molar-refractivity contribution is 7.89. The quantitative estimate of drug-likeness (QED) is 0.483. The molecule has 1 atom stereocenters. The van der Waals surface area contributed by atoms with Crippen LogP contribution in [0.2, 0.25) is 0 Å². The summed E-state index contributed by atoms with van der Waals surface area (Å²) in [6.07, 6.45) is 3.00. The summed E-state index contributed by atoms with van der Waals surface area (Å²) in [5, 5.41) is 11.4. The second-order valence-corrected chi connectivity index (χ2v) is 8.35. The average molecular weight is 421 g/mol. The van der Waals surface area contributed by atoms with Crippen molar-refractivity contribution in [1.29, 1.82) is 0 Å². The second-order valence-electron chi connectivity index (χ2n) is 6.50. The fourth-order valence-corrected chi connectivity index (χ4v) is 4.75. The Morgan fingerprint density at radius 2 is 1.97 bits per heavy atom. The molecule has 1 aromatic carbocycles. The molecule has 29 heavy (non-hydrogen) atoms. The van der Waals surface area contributed by atoms with Gasteiger partial charge < -0.3 is 0 Å². The maximum absolute atomic E-state index is 13.5. The van der Waals surface area contributed by atoms with Crippen LogP contribution in [0.1, 0.15) is 19.4 Å². The standard InChI is InChI=1S/C18H22N4O6S/c1-13(2)17(18(23)20-28-3)21(12-14-7-6-10-19-11-14)29(26,27)16-9-5-4-8-15(16)22(24)25/h4-11,13,17H,12H2,1-3H3,(H,20,23)/t17-/m1/s1/i3-1. The van der Waals surface area contributed by atoms with Crippen molar-refractivity contribution in [2.45, 2.75) is 31.3 Å². The first-order chi connectivity index (χ1) is 13.7. The van der Waals surface area contributed by atoms with Crippen LogP contribution in [-0.4, -0.2) is 41.7 Å². The molecule has 156 valence electrons. The van der Waals surface area contributed by atoms with Crippen LogP contribution in [0.5, 0.6) is 0 Å². The van der Waals surface area contributed by atoms with E-state index in [2.05, 4.69) is 15.3 Å². The molecular formula is C18H22N4O6S. The first kappa shape index (κ1) is 22.4. The van der Waals surface area contributed by atoms with E-state index in [9.17, 15) is 23.3 Å². The summed E-state index contributed by atoms with van der Waals surface area (Å²) >= 11 is 0. The lowest BCUT2D eigenvalue weighted by Gasteiger charge is -2.32. The predicted molar refractivity (Wildman–Crippen MR) is 104 cm³/mol. The number of hydroxylamine groups is 1. The van der Waals surface area contributed by atoms with Crippen molar-refractivity contribution >= 4 is 21.6 Å². The summed E-state index contributed by atoms with van der Waals surface area (Å²) in [5.74, 6) is -1.15. The maximum Gasteiger partial charge on any atom is 0.289 e. The van der Waals surface area contributed by atoms with Gasteiger partial charge in [-0.1, -0.05) is 32.0 Å². The van der Waals surface area contributed by atoms with Crippen molar-refractivity contribution in [3.8, 4) is 0 Å². The number of hydrogen-bond donors (Lipinski definition) is 1. The van der Waals surface area contributed by atoms with E-state index in [1.165, 1.54) is 31.6 Å². The minimum absolute atomic E-state index is 0.206. The van der Waals surface area contributed by atoms with Crippen LogP contribution in [0.3, 0.4) is 0 Å². The molecule has 2 aromatic rings. The number of hydrogen-bond acceptors (Lipinski definition) is 7. The molecule has 0 unspecified atom stereocenters. The molecular weight excluding hydrogens is 399 g/mol. The van der Waals surface area contributed by atoms with E-state index in [0.29, 0.717) is 5.56 Å². The van der Waals surface area contributed by atoms with Crippen molar-refractivity contribution in [2.75, 3.05) is 7.11 Å².